The van der Waals surface area contributed by atoms with Crippen LogP contribution in [0, 0.1) is 0 Å². The van der Waals surface area contributed by atoms with Crippen molar-refractivity contribution < 1.29 is 4.79 Å². The van der Waals surface area contributed by atoms with Crippen molar-refractivity contribution in [3.05, 3.63) is 38.7 Å². The molecule has 22 heavy (non-hydrogen) atoms. The molecule has 1 saturated carbocycles. The minimum atomic E-state index is -0.629. The number of aromatic nitrogens is 3. The van der Waals surface area contributed by atoms with E-state index < -0.39 is 11.2 Å². The van der Waals surface area contributed by atoms with E-state index in [4.69, 9.17) is 5.73 Å². The predicted octanol–water partition coefficient (Wildman–Crippen LogP) is -0.387. The number of nitrogens with one attached hydrogen (secondary N) is 3. The Hall–Kier alpha value is -2.48. The Morgan fingerprint density at radius 3 is 2.73 bits per heavy atom. The van der Waals surface area contributed by atoms with Gasteiger partial charge in [-0.2, -0.15) is 0 Å². The second-order valence-corrected chi connectivity index (χ2v) is 5.67. The lowest BCUT2D eigenvalue weighted by Gasteiger charge is -2.28. The normalized spacial score (nSPS) is 16.8. The molecule has 1 aliphatic carbocycles. The van der Waals surface area contributed by atoms with E-state index in [2.05, 4.69) is 20.3 Å². The summed E-state index contributed by atoms with van der Waals surface area (Å²) in [7, 11) is 0. The van der Waals surface area contributed by atoms with Crippen molar-refractivity contribution in [1.29, 1.82) is 0 Å². The third kappa shape index (κ3) is 2.52. The van der Waals surface area contributed by atoms with Gasteiger partial charge in [-0.1, -0.05) is 12.8 Å². The zero-order chi connectivity index (χ0) is 15.7. The molecule has 8 heteroatoms. The highest BCUT2D eigenvalue weighted by atomic mass is 16.2. The molecule has 0 radical (unpaired) electrons. The third-order valence-corrected chi connectivity index (χ3v) is 4.18. The highest BCUT2D eigenvalue weighted by molar-refractivity contribution is 5.97. The molecule has 2 aromatic rings. The maximum Gasteiger partial charge on any atom is 0.327 e. The molecular formula is C14H17N5O3. The Kier molecular flexibility index (Phi) is 3.53. The molecule has 2 heterocycles. The van der Waals surface area contributed by atoms with Crippen LogP contribution in [-0.2, 0) is 0 Å². The standard InChI is InChI=1S/C14H17N5O3/c15-7-14(3-1-2-4-14)19-11(20)8-5-9-10(16-6-8)17-13(22)18-12(9)21/h5-6H,1-4,7,15H2,(H,19,20)(H2,16,17,18,21,22). The molecule has 0 saturated heterocycles. The molecule has 0 unspecified atom stereocenters. The third-order valence-electron chi connectivity index (χ3n) is 4.18. The van der Waals surface area contributed by atoms with Crippen molar-refractivity contribution in [2.45, 2.75) is 31.2 Å². The number of nitrogens with two attached hydrogens (primary N) is 1. The van der Waals surface area contributed by atoms with Gasteiger partial charge in [-0.15, -0.1) is 0 Å². The summed E-state index contributed by atoms with van der Waals surface area (Å²) in [5.41, 5.74) is 4.65. The maximum absolute atomic E-state index is 12.4. The SMILES string of the molecule is NCC1(NC(=O)c2cnc3[nH]c(=O)[nH]c(=O)c3c2)CCCC1. The number of H-pyrrole nitrogens is 2. The first-order chi connectivity index (χ1) is 10.5. The monoisotopic (exact) mass is 303 g/mol. The van der Waals surface area contributed by atoms with E-state index in [1.165, 1.54) is 12.3 Å². The van der Waals surface area contributed by atoms with Crippen LogP contribution in [0.25, 0.3) is 11.0 Å². The van der Waals surface area contributed by atoms with Gasteiger partial charge in [0.05, 0.1) is 16.5 Å². The Morgan fingerprint density at radius 1 is 1.32 bits per heavy atom. The van der Waals surface area contributed by atoms with Gasteiger partial charge in [-0.3, -0.25) is 19.6 Å². The summed E-state index contributed by atoms with van der Waals surface area (Å²) in [4.78, 5) is 43.9. The van der Waals surface area contributed by atoms with Gasteiger partial charge in [0.25, 0.3) is 11.5 Å². The Labute approximate surface area is 125 Å². The summed E-state index contributed by atoms with van der Waals surface area (Å²) < 4.78 is 0. The number of rotatable bonds is 3. The van der Waals surface area contributed by atoms with E-state index in [1.54, 1.807) is 0 Å². The fourth-order valence-corrected chi connectivity index (χ4v) is 2.92. The molecule has 5 N–H and O–H groups in total. The summed E-state index contributed by atoms with van der Waals surface area (Å²) in [5.74, 6) is -0.313. The van der Waals surface area contributed by atoms with E-state index in [1.807, 2.05) is 0 Å². The van der Waals surface area contributed by atoms with Gasteiger partial charge < -0.3 is 11.1 Å². The molecule has 0 aliphatic heterocycles. The van der Waals surface area contributed by atoms with Crippen LogP contribution < -0.4 is 22.3 Å². The van der Waals surface area contributed by atoms with Crippen LogP contribution in [0.3, 0.4) is 0 Å². The van der Waals surface area contributed by atoms with E-state index in [9.17, 15) is 14.4 Å². The van der Waals surface area contributed by atoms with Crippen LogP contribution >= 0.6 is 0 Å². The van der Waals surface area contributed by atoms with Gasteiger partial charge in [0.15, 0.2) is 0 Å². The molecule has 8 nitrogen and oxygen atoms in total. The van der Waals surface area contributed by atoms with Crippen molar-refractivity contribution in [1.82, 2.24) is 20.3 Å². The maximum atomic E-state index is 12.4. The van der Waals surface area contributed by atoms with Gasteiger partial charge >= 0.3 is 5.69 Å². The summed E-state index contributed by atoms with van der Waals surface area (Å²) in [5, 5.41) is 3.13. The number of hydrogen-bond donors (Lipinski definition) is 4. The number of carbonyl (C=O) groups excluding carboxylic acids is 1. The molecule has 116 valence electrons. The van der Waals surface area contributed by atoms with Crippen molar-refractivity contribution >= 4 is 16.9 Å². The zero-order valence-corrected chi connectivity index (χ0v) is 11.9. The van der Waals surface area contributed by atoms with Crippen LogP contribution in [0.2, 0.25) is 0 Å². The predicted molar refractivity (Wildman–Crippen MR) is 80.7 cm³/mol. The number of amides is 1. The minimum absolute atomic E-state index is 0.153. The van der Waals surface area contributed by atoms with E-state index in [0.29, 0.717) is 6.54 Å². The van der Waals surface area contributed by atoms with Crippen LogP contribution in [0.4, 0.5) is 0 Å². The van der Waals surface area contributed by atoms with Crippen molar-refractivity contribution in [2.24, 2.45) is 5.73 Å². The Bertz CT molecular complexity index is 832. The molecule has 0 aromatic carbocycles. The lowest BCUT2D eigenvalue weighted by Crippen LogP contribution is -2.51. The summed E-state index contributed by atoms with van der Waals surface area (Å²) in [6.45, 7) is 0.383. The molecule has 1 fully saturated rings. The molecule has 1 aliphatic rings. The number of nitrogens with zero attached hydrogens (tertiary/aromatic N) is 1. The van der Waals surface area contributed by atoms with Crippen LogP contribution in [0.5, 0.6) is 0 Å². The first-order valence-electron chi connectivity index (χ1n) is 7.18. The second-order valence-electron chi connectivity index (χ2n) is 5.67. The second kappa shape index (κ2) is 5.38. The summed E-state index contributed by atoms with van der Waals surface area (Å²) in [6, 6.07) is 1.42. The van der Waals surface area contributed by atoms with Gasteiger partial charge in [-0.05, 0) is 18.9 Å². The van der Waals surface area contributed by atoms with Crippen LogP contribution in [0.15, 0.2) is 21.9 Å². The number of hydrogen-bond acceptors (Lipinski definition) is 5. The van der Waals surface area contributed by atoms with Gasteiger partial charge in [0, 0.05) is 12.7 Å². The fraction of sp³-hybridized carbons (Fsp3) is 0.429. The van der Waals surface area contributed by atoms with Gasteiger partial charge in [0.2, 0.25) is 0 Å². The van der Waals surface area contributed by atoms with Gasteiger partial charge in [0.1, 0.15) is 5.65 Å². The quantitative estimate of drug-likeness (QED) is 0.613. The lowest BCUT2D eigenvalue weighted by molar-refractivity contribution is 0.0903. The highest BCUT2D eigenvalue weighted by Gasteiger charge is 2.34. The molecule has 0 atom stereocenters. The zero-order valence-electron chi connectivity index (χ0n) is 11.9. The van der Waals surface area contributed by atoms with E-state index in [0.717, 1.165) is 25.7 Å². The minimum Gasteiger partial charge on any atom is -0.345 e. The summed E-state index contributed by atoms with van der Waals surface area (Å²) in [6.07, 6.45) is 5.11. The molecule has 2 aromatic heterocycles. The van der Waals surface area contributed by atoms with E-state index >= 15 is 0 Å². The van der Waals surface area contributed by atoms with Crippen LogP contribution in [-0.4, -0.2) is 32.9 Å². The van der Waals surface area contributed by atoms with Crippen molar-refractivity contribution in [3.63, 3.8) is 0 Å². The number of carbonyl (C=O) groups is 1. The van der Waals surface area contributed by atoms with Gasteiger partial charge in [-0.25, -0.2) is 9.78 Å². The number of fused-ring (bicyclic) bond motifs is 1. The smallest absolute Gasteiger partial charge is 0.327 e. The number of pyridine rings is 1. The molecule has 3 rings (SSSR count). The molecule has 0 bridgehead atoms. The first kappa shape index (κ1) is 14.5. The van der Waals surface area contributed by atoms with Crippen LogP contribution in [0.1, 0.15) is 36.0 Å². The average molecular weight is 303 g/mol. The average Bonchev–Trinajstić information content (AvgIpc) is 2.96. The largest absolute Gasteiger partial charge is 0.345 e. The molecule has 0 spiro atoms. The number of aromatic amines is 2. The Morgan fingerprint density at radius 2 is 2.05 bits per heavy atom. The topological polar surface area (TPSA) is 134 Å². The Balaban J connectivity index is 1.94. The first-order valence-corrected chi connectivity index (χ1v) is 7.18. The summed E-state index contributed by atoms with van der Waals surface area (Å²) >= 11 is 0. The molecular weight excluding hydrogens is 286 g/mol. The highest BCUT2D eigenvalue weighted by Crippen LogP contribution is 2.28. The van der Waals surface area contributed by atoms with Crippen molar-refractivity contribution in [2.75, 3.05) is 6.54 Å². The van der Waals surface area contributed by atoms with Crippen molar-refractivity contribution in [3.8, 4) is 0 Å². The molecule has 1 amide bonds. The van der Waals surface area contributed by atoms with E-state index in [-0.39, 0.29) is 28.0 Å². The fourth-order valence-electron chi connectivity index (χ4n) is 2.92. The lowest BCUT2D eigenvalue weighted by atomic mass is 9.97.